The monoisotopic (exact) mass is 399 g/mol. The molecule has 0 aliphatic carbocycles. The van der Waals surface area contributed by atoms with Crippen molar-refractivity contribution in [2.24, 2.45) is 14.1 Å². The van der Waals surface area contributed by atoms with Crippen molar-refractivity contribution < 1.29 is 13.6 Å². The lowest BCUT2D eigenvalue weighted by molar-refractivity contribution is -0.116. The van der Waals surface area contributed by atoms with Crippen LogP contribution in [0.25, 0.3) is 22.6 Å². The van der Waals surface area contributed by atoms with Gasteiger partial charge in [-0.05, 0) is 18.2 Å². The number of aryl methyl sites for hydroxylation is 1. The second kappa shape index (κ2) is 6.82. The summed E-state index contributed by atoms with van der Waals surface area (Å²) in [7, 11) is 2.82. The molecular formula is C17H14FN7O4. The highest BCUT2D eigenvalue weighted by Gasteiger charge is 2.17. The van der Waals surface area contributed by atoms with Gasteiger partial charge in [0.05, 0.1) is 6.33 Å². The first-order chi connectivity index (χ1) is 13.8. The SMILES string of the molecule is Cn1c(=O)c2c(ncn2CC(=O)Nc2nnc(-c3cccc(F)c3)o2)n(C)c1=O. The van der Waals surface area contributed by atoms with Gasteiger partial charge in [0.15, 0.2) is 11.2 Å². The molecule has 1 N–H and O–H groups in total. The summed E-state index contributed by atoms with van der Waals surface area (Å²) in [4.78, 5) is 40.7. The van der Waals surface area contributed by atoms with Crippen LogP contribution < -0.4 is 16.6 Å². The molecule has 0 fully saturated rings. The highest BCUT2D eigenvalue weighted by molar-refractivity contribution is 5.89. The normalized spacial score (nSPS) is 11.1. The molecule has 4 aromatic rings. The number of imidazole rings is 1. The number of halogens is 1. The Labute approximate surface area is 161 Å². The summed E-state index contributed by atoms with van der Waals surface area (Å²) in [5.74, 6) is -0.986. The molecule has 0 aliphatic heterocycles. The van der Waals surface area contributed by atoms with Gasteiger partial charge >= 0.3 is 11.7 Å². The Kier molecular flexibility index (Phi) is 4.30. The van der Waals surface area contributed by atoms with Gasteiger partial charge in [-0.1, -0.05) is 11.2 Å². The van der Waals surface area contributed by atoms with E-state index >= 15 is 0 Å². The minimum absolute atomic E-state index is 0.0387. The number of benzene rings is 1. The fraction of sp³-hybridized carbons (Fsp3) is 0.176. The van der Waals surface area contributed by atoms with Crippen LogP contribution in [-0.4, -0.2) is 34.8 Å². The maximum absolute atomic E-state index is 13.3. The van der Waals surface area contributed by atoms with Gasteiger partial charge in [0.1, 0.15) is 12.4 Å². The summed E-state index contributed by atoms with van der Waals surface area (Å²) >= 11 is 0. The first-order valence-corrected chi connectivity index (χ1v) is 8.35. The molecule has 0 saturated heterocycles. The zero-order chi connectivity index (χ0) is 20.7. The van der Waals surface area contributed by atoms with Crippen molar-refractivity contribution >= 4 is 23.1 Å². The van der Waals surface area contributed by atoms with Gasteiger partial charge in [-0.25, -0.2) is 14.2 Å². The fourth-order valence-corrected chi connectivity index (χ4v) is 2.84. The molecule has 3 heterocycles. The summed E-state index contributed by atoms with van der Waals surface area (Å²) in [6.07, 6.45) is 1.29. The third-order valence-corrected chi connectivity index (χ3v) is 4.27. The van der Waals surface area contributed by atoms with E-state index in [1.165, 1.54) is 47.8 Å². The van der Waals surface area contributed by atoms with E-state index in [9.17, 15) is 18.8 Å². The number of nitrogens with one attached hydrogen (secondary N) is 1. The minimum Gasteiger partial charge on any atom is -0.403 e. The van der Waals surface area contributed by atoms with E-state index in [0.717, 1.165) is 4.57 Å². The van der Waals surface area contributed by atoms with Crippen LogP contribution in [0.1, 0.15) is 0 Å². The molecule has 4 rings (SSSR count). The van der Waals surface area contributed by atoms with E-state index in [2.05, 4.69) is 20.5 Å². The summed E-state index contributed by atoms with van der Waals surface area (Å²) < 4.78 is 22.1. The molecule has 0 aliphatic rings. The van der Waals surface area contributed by atoms with Crippen LogP contribution in [0, 0.1) is 5.82 Å². The standard InChI is InChI=1S/C17H14FN7O4/c1-23-13-12(15(27)24(2)17(23)28)25(8-19-13)7-11(26)20-16-22-21-14(29-16)9-4-3-5-10(18)6-9/h3-6,8H,7H2,1-2H3,(H,20,22,26). The lowest BCUT2D eigenvalue weighted by atomic mass is 10.2. The number of rotatable bonds is 4. The van der Waals surface area contributed by atoms with E-state index in [1.807, 2.05) is 0 Å². The maximum atomic E-state index is 13.3. The number of anilines is 1. The minimum atomic E-state index is -0.570. The zero-order valence-corrected chi connectivity index (χ0v) is 15.3. The molecule has 29 heavy (non-hydrogen) atoms. The van der Waals surface area contributed by atoms with Gasteiger partial charge in [-0.15, -0.1) is 5.10 Å². The lowest BCUT2D eigenvalue weighted by Crippen LogP contribution is -2.37. The highest BCUT2D eigenvalue weighted by atomic mass is 19.1. The van der Waals surface area contributed by atoms with Crippen LogP contribution in [0.3, 0.4) is 0 Å². The van der Waals surface area contributed by atoms with Gasteiger partial charge in [0.2, 0.25) is 11.8 Å². The van der Waals surface area contributed by atoms with Crippen molar-refractivity contribution in [2.75, 3.05) is 5.32 Å². The number of fused-ring (bicyclic) bond motifs is 1. The largest absolute Gasteiger partial charge is 0.403 e. The third-order valence-electron chi connectivity index (χ3n) is 4.27. The average Bonchev–Trinajstić information content (AvgIpc) is 3.32. The Morgan fingerprint density at radius 1 is 1.21 bits per heavy atom. The van der Waals surface area contributed by atoms with Gasteiger partial charge in [0.25, 0.3) is 5.56 Å². The van der Waals surface area contributed by atoms with Crippen LogP contribution in [0.5, 0.6) is 0 Å². The number of aromatic nitrogens is 6. The second-order valence-corrected chi connectivity index (χ2v) is 6.22. The van der Waals surface area contributed by atoms with E-state index in [0.29, 0.717) is 5.56 Å². The Morgan fingerprint density at radius 3 is 2.76 bits per heavy atom. The van der Waals surface area contributed by atoms with E-state index in [1.54, 1.807) is 6.07 Å². The maximum Gasteiger partial charge on any atom is 0.332 e. The van der Waals surface area contributed by atoms with Crippen molar-refractivity contribution in [2.45, 2.75) is 6.54 Å². The number of amides is 1. The van der Waals surface area contributed by atoms with Crippen LogP contribution in [0.4, 0.5) is 10.4 Å². The predicted octanol–water partition coefficient (Wildman–Crippen LogP) is 0.261. The Hall–Kier alpha value is -4.09. The fourth-order valence-electron chi connectivity index (χ4n) is 2.84. The summed E-state index contributed by atoms with van der Waals surface area (Å²) in [6.45, 7) is -0.276. The molecule has 0 unspecified atom stereocenters. The molecule has 148 valence electrons. The second-order valence-electron chi connectivity index (χ2n) is 6.22. The molecule has 1 amide bonds. The van der Waals surface area contributed by atoms with E-state index in [-0.39, 0.29) is 29.6 Å². The van der Waals surface area contributed by atoms with Gasteiger partial charge in [-0.2, -0.15) is 0 Å². The van der Waals surface area contributed by atoms with Gasteiger partial charge in [-0.3, -0.25) is 24.0 Å². The lowest BCUT2D eigenvalue weighted by Gasteiger charge is -2.06. The number of hydrogen-bond donors (Lipinski definition) is 1. The molecule has 1 aromatic carbocycles. The third kappa shape index (κ3) is 3.20. The molecule has 0 saturated carbocycles. The van der Waals surface area contributed by atoms with Crippen LogP contribution in [0.2, 0.25) is 0 Å². The molecule has 12 heteroatoms. The van der Waals surface area contributed by atoms with Crippen molar-refractivity contribution in [1.82, 2.24) is 28.9 Å². The Morgan fingerprint density at radius 2 is 2.00 bits per heavy atom. The predicted molar refractivity (Wildman–Crippen MR) is 98.5 cm³/mol. The molecule has 3 aromatic heterocycles. The first-order valence-electron chi connectivity index (χ1n) is 8.35. The van der Waals surface area contributed by atoms with E-state index < -0.39 is 23.0 Å². The van der Waals surface area contributed by atoms with Gasteiger partial charge < -0.3 is 8.98 Å². The molecule has 0 radical (unpaired) electrons. The highest BCUT2D eigenvalue weighted by Crippen LogP contribution is 2.20. The van der Waals surface area contributed by atoms with Crippen molar-refractivity contribution in [3.63, 3.8) is 0 Å². The van der Waals surface area contributed by atoms with Crippen molar-refractivity contribution in [1.29, 1.82) is 0 Å². The van der Waals surface area contributed by atoms with Gasteiger partial charge in [0, 0.05) is 19.7 Å². The summed E-state index contributed by atoms with van der Waals surface area (Å²) in [5, 5.41) is 9.88. The topological polar surface area (TPSA) is 130 Å². The van der Waals surface area contributed by atoms with Crippen LogP contribution in [-0.2, 0) is 25.4 Å². The summed E-state index contributed by atoms with van der Waals surface area (Å²) in [6, 6.07) is 5.39. The van der Waals surface area contributed by atoms with Crippen LogP contribution in [0.15, 0.2) is 44.6 Å². The molecular weight excluding hydrogens is 385 g/mol. The number of carbonyl (C=O) groups is 1. The van der Waals surface area contributed by atoms with E-state index in [4.69, 9.17) is 4.42 Å². The smallest absolute Gasteiger partial charge is 0.332 e. The Bertz CT molecular complexity index is 1360. The summed E-state index contributed by atoms with van der Waals surface area (Å²) in [5.41, 5.74) is -0.455. The Balaban J connectivity index is 1.57. The average molecular weight is 399 g/mol. The number of carbonyl (C=O) groups excluding carboxylic acids is 1. The number of nitrogens with zero attached hydrogens (tertiary/aromatic N) is 6. The molecule has 0 spiro atoms. The molecule has 0 atom stereocenters. The zero-order valence-electron chi connectivity index (χ0n) is 15.3. The van der Waals surface area contributed by atoms with Crippen molar-refractivity contribution in [3.05, 3.63) is 57.2 Å². The molecule has 11 nitrogen and oxygen atoms in total. The molecule has 0 bridgehead atoms. The van der Waals surface area contributed by atoms with Crippen LogP contribution >= 0.6 is 0 Å². The number of hydrogen-bond acceptors (Lipinski definition) is 7. The van der Waals surface area contributed by atoms with Crippen molar-refractivity contribution in [3.8, 4) is 11.5 Å². The quantitative estimate of drug-likeness (QED) is 0.521. The first kappa shape index (κ1) is 18.3.